The molecule has 2 N–H and O–H groups in total. The van der Waals surface area contributed by atoms with E-state index in [0.29, 0.717) is 12.6 Å². The fourth-order valence-corrected chi connectivity index (χ4v) is 1.61. The van der Waals surface area contributed by atoms with Gasteiger partial charge >= 0.3 is 0 Å². The summed E-state index contributed by atoms with van der Waals surface area (Å²) >= 11 is 0. The lowest BCUT2D eigenvalue weighted by Gasteiger charge is -2.31. The van der Waals surface area contributed by atoms with Gasteiger partial charge in [0, 0.05) is 19.1 Å². The predicted octanol–water partition coefficient (Wildman–Crippen LogP) is 0.524. The number of hydrogen-bond donors (Lipinski definition) is 2. The van der Waals surface area contributed by atoms with Crippen LogP contribution in [0.5, 0.6) is 0 Å². The van der Waals surface area contributed by atoms with Gasteiger partial charge in [-0.1, -0.05) is 6.92 Å². The van der Waals surface area contributed by atoms with Crippen LogP contribution in [0.4, 0.5) is 0 Å². The number of aliphatic hydroxyl groups excluding tert-OH is 1. The lowest BCUT2D eigenvalue weighted by molar-refractivity contribution is -0.0560. The summed E-state index contributed by atoms with van der Waals surface area (Å²) in [6.45, 7) is 5.83. The first kappa shape index (κ1) is 9.96. The molecule has 0 radical (unpaired) electrons. The smallest absolute Gasteiger partial charge is 0.0749 e. The van der Waals surface area contributed by atoms with Crippen LogP contribution in [-0.2, 0) is 4.74 Å². The maximum atomic E-state index is 9.39. The zero-order valence-electron chi connectivity index (χ0n) is 7.92. The standard InChI is InChI=1S/C9H19NO2/c1-3-10-7(2)9-6-8(11)4-5-12-9/h7-11H,3-6H2,1-2H3/t7-,8-,9+/m1/s1. The molecule has 0 spiro atoms. The molecule has 12 heavy (non-hydrogen) atoms. The lowest BCUT2D eigenvalue weighted by Crippen LogP contribution is -2.43. The molecule has 1 rings (SSSR count). The van der Waals surface area contributed by atoms with Gasteiger partial charge in [-0.2, -0.15) is 0 Å². The van der Waals surface area contributed by atoms with E-state index in [-0.39, 0.29) is 12.2 Å². The van der Waals surface area contributed by atoms with Gasteiger partial charge in [0.05, 0.1) is 12.2 Å². The van der Waals surface area contributed by atoms with Crippen molar-refractivity contribution in [3.63, 3.8) is 0 Å². The van der Waals surface area contributed by atoms with Gasteiger partial charge in [0.15, 0.2) is 0 Å². The summed E-state index contributed by atoms with van der Waals surface area (Å²) in [7, 11) is 0. The van der Waals surface area contributed by atoms with E-state index >= 15 is 0 Å². The second-order valence-electron chi connectivity index (χ2n) is 3.43. The van der Waals surface area contributed by atoms with Crippen LogP contribution < -0.4 is 5.32 Å². The molecular formula is C9H19NO2. The van der Waals surface area contributed by atoms with Crippen molar-refractivity contribution in [1.82, 2.24) is 5.32 Å². The summed E-state index contributed by atoms with van der Waals surface area (Å²) < 4.78 is 5.54. The third kappa shape index (κ3) is 2.73. The average molecular weight is 173 g/mol. The Hall–Kier alpha value is -0.120. The Morgan fingerprint density at radius 2 is 2.42 bits per heavy atom. The largest absolute Gasteiger partial charge is 0.393 e. The quantitative estimate of drug-likeness (QED) is 0.654. The molecular weight excluding hydrogens is 154 g/mol. The molecule has 1 aliphatic rings. The van der Waals surface area contributed by atoms with E-state index in [9.17, 15) is 5.11 Å². The molecule has 1 aliphatic heterocycles. The van der Waals surface area contributed by atoms with Gasteiger partial charge in [-0.3, -0.25) is 0 Å². The SMILES string of the molecule is CCN[C@H](C)[C@@H]1C[C@H](O)CCO1. The normalized spacial score (nSPS) is 33.2. The molecule has 0 aromatic carbocycles. The molecule has 0 aliphatic carbocycles. The molecule has 1 saturated heterocycles. The zero-order chi connectivity index (χ0) is 8.97. The van der Waals surface area contributed by atoms with Gasteiger partial charge in [0.25, 0.3) is 0 Å². The van der Waals surface area contributed by atoms with Crippen LogP contribution in [0.2, 0.25) is 0 Å². The maximum Gasteiger partial charge on any atom is 0.0749 e. The Labute approximate surface area is 74.1 Å². The van der Waals surface area contributed by atoms with Crippen LogP contribution >= 0.6 is 0 Å². The molecule has 1 heterocycles. The number of ether oxygens (including phenoxy) is 1. The Morgan fingerprint density at radius 1 is 1.67 bits per heavy atom. The summed E-state index contributed by atoms with van der Waals surface area (Å²) in [6.07, 6.45) is 1.59. The minimum atomic E-state index is -0.162. The van der Waals surface area contributed by atoms with Crippen molar-refractivity contribution < 1.29 is 9.84 Å². The van der Waals surface area contributed by atoms with Gasteiger partial charge in [-0.05, 0) is 19.9 Å². The Morgan fingerprint density at radius 3 is 3.00 bits per heavy atom. The topological polar surface area (TPSA) is 41.5 Å². The van der Waals surface area contributed by atoms with Crippen LogP contribution in [0, 0.1) is 0 Å². The number of likely N-dealkylation sites (N-methyl/N-ethyl adjacent to an activating group) is 1. The predicted molar refractivity (Wildman–Crippen MR) is 48.1 cm³/mol. The fourth-order valence-electron chi connectivity index (χ4n) is 1.61. The maximum absolute atomic E-state index is 9.39. The lowest BCUT2D eigenvalue weighted by atomic mass is 10.0. The van der Waals surface area contributed by atoms with Crippen LogP contribution in [0.1, 0.15) is 26.7 Å². The van der Waals surface area contributed by atoms with Crippen LogP contribution in [0.15, 0.2) is 0 Å². The van der Waals surface area contributed by atoms with Crippen molar-refractivity contribution in [1.29, 1.82) is 0 Å². The fraction of sp³-hybridized carbons (Fsp3) is 1.00. The molecule has 0 aromatic heterocycles. The molecule has 3 atom stereocenters. The second-order valence-corrected chi connectivity index (χ2v) is 3.43. The van der Waals surface area contributed by atoms with Gasteiger partial charge in [0.2, 0.25) is 0 Å². The summed E-state index contributed by atoms with van der Waals surface area (Å²) in [5.74, 6) is 0. The van der Waals surface area contributed by atoms with Crippen molar-refractivity contribution in [2.24, 2.45) is 0 Å². The number of rotatable bonds is 3. The van der Waals surface area contributed by atoms with E-state index in [1.165, 1.54) is 0 Å². The van der Waals surface area contributed by atoms with E-state index in [1.807, 2.05) is 0 Å². The molecule has 0 unspecified atom stereocenters. The second kappa shape index (κ2) is 4.80. The van der Waals surface area contributed by atoms with Crippen LogP contribution in [0.25, 0.3) is 0 Å². The third-order valence-electron chi connectivity index (χ3n) is 2.37. The Balaban J connectivity index is 2.29. The van der Waals surface area contributed by atoms with Crippen molar-refractivity contribution in [2.75, 3.05) is 13.2 Å². The first-order chi connectivity index (χ1) is 5.74. The first-order valence-corrected chi connectivity index (χ1v) is 4.77. The summed E-state index contributed by atoms with van der Waals surface area (Å²) in [4.78, 5) is 0. The number of aliphatic hydroxyl groups is 1. The molecule has 72 valence electrons. The van der Waals surface area contributed by atoms with Crippen molar-refractivity contribution >= 4 is 0 Å². The average Bonchev–Trinajstić information content (AvgIpc) is 2.05. The Bertz CT molecular complexity index is 130. The van der Waals surface area contributed by atoms with Crippen molar-refractivity contribution in [3.8, 4) is 0 Å². The highest BCUT2D eigenvalue weighted by Gasteiger charge is 2.24. The highest BCUT2D eigenvalue weighted by atomic mass is 16.5. The molecule has 0 saturated carbocycles. The van der Waals surface area contributed by atoms with E-state index in [4.69, 9.17) is 4.74 Å². The van der Waals surface area contributed by atoms with Gasteiger partial charge in [-0.15, -0.1) is 0 Å². The van der Waals surface area contributed by atoms with Crippen molar-refractivity contribution in [2.45, 2.75) is 44.9 Å². The minimum absolute atomic E-state index is 0.162. The van der Waals surface area contributed by atoms with E-state index in [1.54, 1.807) is 0 Å². The third-order valence-corrected chi connectivity index (χ3v) is 2.37. The van der Waals surface area contributed by atoms with Gasteiger partial charge < -0.3 is 15.2 Å². The van der Waals surface area contributed by atoms with E-state index in [0.717, 1.165) is 19.4 Å². The van der Waals surface area contributed by atoms with E-state index in [2.05, 4.69) is 19.2 Å². The van der Waals surface area contributed by atoms with Gasteiger partial charge in [0.1, 0.15) is 0 Å². The molecule has 0 bridgehead atoms. The highest BCUT2D eigenvalue weighted by Crippen LogP contribution is 2.16. The van der Waals surface area contributed by atoms with Gasteiger partial charge in [-0.25, -0.2) is 0 Å². The summed E-state index contributed by atoms with van der Waals surface area (Å²) in [5.41, 5.74) is 0. The Kier molecular flexibility index (Phi) is 3.98. The number of nitrogens with one attached hydrogen (secondary N) is 1. The molecule has 3 nitrogen and oxygen atoms in total. The van der Waals surface area contributed by atoms with Crippen LogP contribution in [0.3, 0.4) is 0 Å². The molecule has 0 amide bonds. The van der Waals surface area contributed by atoms with E-state index < -0.39 is 0 Å². The zero-order valence-corrected chi connectivity index (χ0v) is 7.92. The summed E-state index contributed by atoms with van der Waals surface area (Å²) in [6, 6.07) is 0.352. The summed E-state index contributed by atoms with van der Waals surface area (Å²) in [5, 5.41) is 12.7. The first-order valence-electron chi connectivity index (χ1n) is 4.77. The molecule has 3 heteroatoms. The highest BCUT2D eigenvalue weighted by molar-refractivity contribution is 4.78. The minimum Gasteiger partial charge on any atom is -0.393 e. The van der Waals surface area contributed by atoms with Crippen molar-refractivity contribution in [3.05, 3.63) is 0 Å². The molecule has 0 aromatic rings. The number of hydrogen-bond acceptors (Lipinski definition) is 3. The monoisotopic (exact) mass is 173 g/mol. The van der Waals surface area contributed by atoms with Crippen LogP contribution in [-0.4, -0.2) is 36.5 Å². The molecule has 1 fully saturated rings.